The molecule has 0 saturated carbocycles. The highest BCUT2D eigenvalue weighted by molar-refractivity contribution is 5.83. The Bertz CT molecular complexity index is 751. The molecule has 2 heterocycles. The van der Waals surface area contributed by atoms with Crippen molar-refractivity contribution in [2.24, 2.45) is 11.3 Å². The van der Waals surface area contributed by atoms with Gasteiger partial charge in [0.2, 0.25) is 5.91 Å². The smallest absolute Gasteiger partial charge is 0.217 e. The molecule has 0 aromatic carbocycles. The van der Waals surface area contributed by atoms with Crippen LogP contribution in [0.3, 0.4) is 0 Å². The number of hydrogen-bond donors (Lipinski definition) is 3. The number of aliphatic hydroxyl groups excluding tert-OH is 2. The number of aliphatic hydroxyl groups is 2. The summed E-state index contributed by atoms with van der Waals surface area (Å²) in [6.45, 7) is 16.6. The van der Waals surface area contributed by atoms with Crippen molar-refractivity contribution in [1.82, 2.24) is 5.32 Å². The van der Waals surface area contributed by atoms with E-state index in [1.165, 1.54) is 6.92 Å². The zero-order valence-corrected chi connectivity index (χ0v) is 22.7. The standard InChI is InChI=1S/C26H47NO8/c1-11-15(29)21-22(35-26(8,9)10)18(30)19(31)24(34-21)33-20-13(3)16(12-2)32-23(25(5,6)7)17(20)27-14(4)28/h13,16-24,30-31H,11-12H2,1-10H3,(H,27,28)/i1D. The Labute approximate surface area is 211 Å². The fourth-order valence-corrected chi connectivity index (χ4v) is 4.97. The molecule has 10 atom stereocenters. The van der Waals surface area contributed by atoms with Crippen molar-refractivity contribution < 1.29 is 40.1 Å². The molecule has 1 amide bonds. The molecular formula is C26H47NO8. The van der Waals surface area contributed by atoms with Crippen molar-refractivity contribution in [1.29, 1.82) is 0 Å². The van der Waals surface area contributed by atoms with Gasteiger partial charge < -0.3 is 34.5 Å². The predicted molar refractivity (Wildman–Crippen MR) is 131 cm³/mol. The average Bonchev–Trinajstić information content (AvgIpc) is 2.73. The van der Waals surface area contributed by atoms with E-state index in [2.05, 4.69) is 5.32 Å². The number of nitrogens with one attached hydrogen (secondary N) is 1. The first kappa shape index (κ1) is 28.5. The van der Waals surface area contributed by atoms with Crippen molar-refractivity contribution in [2.45, 2.75) is 143 Å². The minimum absolute atomic E-state index is 0.0869. The van der Waals surface area contributed by atoms with Gasteiger partial charge in [0.05, 0.1) is 30.0 Å². The molecule has 0 aromatic heterocycles. The summed E-state index contributed by atoms with van der Waals surface area (Å²) in [5.74, 6) is -0.846. The van der Waals surface area contributed by atoms with Gasteiger partial charge in [-0.15, -0.1) is 0 Å². The molecule has 0 aromatic rings. The van der Waals surface area contributed by atoms with Crippen LogP contribution in [0, 0.1) is 11.3 Å². The van der Waals surface area contributed by atoms with E-state index in [1.807, 2.05) is 34.6 Å². The van der Waals surface area contributed by atoms with Crippen molar-refractivity contribution in [3.05, 3.63) is 0 Å². The van der Waals surface area contributed by atoms with E-state index in [9.17, 15) is 19.8 Å². The van der Waals surface area contributed by atoms with Crippen LogP contribution >= 0.6 is 0 Å². The number of amides is 1. The number of carbonyl (C=O) groups excluding carboxylic acids is 2. The van der Waals surface area contributed by atoms with Crippen molar-refractivity contribution in [2.75, 3.05) is 0 Å². The molecular weight excluding hydrogens is 454 g/mol. The molecule has 0 spiro atoms. The van der Waals surface area contributed by atoms with Crippen LogP contribution in [-0.4, -0.2) is 82.6 Å². The summed E-state index contributed by atoms with van der Waals surface area (Å²) in [4.78, 5) is 25.1. The monoisotopic (exact) mass is 502 g/mol. The van der Waals surface area contributed by atoms with Gasteiger partial charge in [-0.3, -0.25) is 9.59 Å². The summed E-state index contributed by atoms with van der Waals surface area (Å²) in [5.41, 5.74) is -1.06. The first-order valence-electron chi connectivity index (χ1n) is 13.3. The summed E-state index contributed by atoms with van der Waals surface area (Å²) in [7, 11) is 0. The number of hydrogen-bond acceptors (Lipinski definition) is 8. The zero-order valence-electron chi connectivity index (χ0n) is 23.7. The number of carbonyl (C=O) groups is 2. The molecule has 9 nitrogen and oxygen atoms in total. The van der Waals surface area contributed by atoms with Gasteiger partial charge in [0.25, 0.3) is 0 Å². The minimum atomic E-state index is -1.50. The van der Waals surface area contributed by atoms with Crippen LogP contribution in [0.5, 0.6) is 0 Å². The van der Waals surface area contributed by atoms with Gasteiger partial charge in [-0.1, -0.05) is 41.5 Å². The highest BCUT2D eigenvalue weighted by Gasteiger charge is 2.53. The third kappa shape index (κ3) is 7.23. The predicted octanol–water partition coefficient (Wildman–Crippen LogP) is 2.35. The van der Waals surface area contributed by atoms with Gasteiger partial charge in [-0.2, -0.15) is 0 Å². The largest absolute Gasteiger partial charge is 0.387 e. The zero-order chi connectivity index (χ0) is 27.6. The third-order valence-corrected chi connectivity index (χ3v) is 6.62. The molecule has 0 radical (unpaired) electrons. The summed E-state index contributed by atoms with van der Waals surface area (Å²) < 4.78 is 32.2. The van der Waals surface area contributed by atoms with Crippen LogP contribution in [0.4, 0.5) is 0 Å². The normalized spacial score (nSPS) is 39.1. The van der Waals surface area contributed by atoms with Gasteiger partial charge >= 0.3 is 0 Å². The second-order valence-electron chi connectivity index (χ2n) is 11.9. The number of ether oxygens (including phenoxy) is 4. The Morgan fingerprint density at radius 1 is 1.06 bits per heavy atom. The van der Waals surface area contributed by atoms with Crippen molar-refractivity contribution in [3.63, 3.8) is 0 Å². The Morgan fingerprint density at radius 2 is 1.69 bits per heavy atom. The Hall–Kier alpha value is -1.10. The molecule has 0 aliphatic carbocycles. The molecule has 2 aliphatic heterocycles. The van der Waals surface area contributed by atoms with Gasteiger partial charge in [-0.25, -0.2) is 0 Å². The average molecular weight is 503 g/mol. The topological polar surface area (TPSA) is 124 Å². The van der Waals surface area contributed by atoms with E-state index in [0.29, 0.717) is 6.42 Å². The van der Waals surface area contributed by atoms with E-state index >= 15 is 0 Å². The van der Waals surface area contributed by atoms with Gasteiger partial charge in [0, 0.05) is 20.6 Å². The van der Waals surface area contributed by atoms with Crippen LogP contribution in [0.25, 0.3) is 0 Å². The number of ketones is 1. The fraction of sp³-hybridized carbons (Fsp3) is 0.923. The second kappa shape index (κ2) is 11.5. The van der Waals surface area contributed by atoms with Crippen LogP contribution in [0.1, 0.15) is 83.4 Å². The maximum Gasteiger partial charge on any atom is 0.217 e. The molecule has 35 heavy (non-hydrogen) atoms. The molecule has 2 fully saturated rings. The summed E-state index contributed by atoms with van der Waals surface area (Å²) in [6.07, 6.45) is -7.22. The maximum atomic E-state index is 12.9. The Morgan fingerprint density at radius 3 is 2.17 bits per heavy atom. The van der Waals surface area contributed by atoms with Gasteiger partial charge in [0.15, 0.2) is 12.1 Å². The third-order valence-electron chi connectivity index (χ3n) is 6.62. The molecule has 9 heteroatoms. The molecule has 2 rings (SSSR count). The molecule has 2 aliphatic rings. The van der Waals surface area contributed by atoms with E-state index in [4.69, 9.17) is 20.3 Å². The quantitative estimate of drug-likeness (QED) is 0.485. The van der Waals surface area contributed by atoms with E-state index in [-0.39, 0.29) is 36.7 Å². The highest BCUT2D eigenvalue weighted by Crippen LogP contribution is 2.39. The van der Waals surface area contributed by atoms with Crippen LogP contribution in [-0.2, 0) is 28.5 Å². The fourth-order valence-electron chi connectivity index (χ4n) is 4.97. The lowest BCUT2D eigenvalue weighted by Crippen LogP contribution is -2.67. The molecule has 0 bridgehead atoms. The molecule has 2 saturated heterocycles. The Balaban J connectivity index is 2.42. The van der Waals surface area contributed by atoms with E-state index < -0.39 is 60.3 Å². The van der Waals surface area contributed by atoms with Crippen molar-refractivity contribution >= 4 is 11.7 Å². The van der Waals surface area contributed by atoms with Crippen molar-refractivity contribution in [3.8, 4) is 0 Å². The van der Waals surface area contributed by atoms with Gasteiger partial charge in [-0.05, 0) is 32.6 Å². The van der Waals surface area contributed by atoms with Crippen LogP contribution in [0.15, 0.2) is 0 Å². The summed E-state index contributed by atoms with van der Waals surface area (Å²) >= 11 is 0. The number of Topliss-reactive ketones (excluding diaryl/α,β-unsaturated/α-hetero) is 1. The SMILES string of the molecule is [2H]CCC(=O)C1OC(OC2C(C)C(CC)OC(C(C)(C)C)C2NC(C)=O)C(O)C(O)C1OC(C)(C)C. The van der Waals surface area contributed by atoms with E-state index in [0.717, 1.165) is 0 Å². The second-order valence-corrected chi connectivity index (χ2v) is 11.9. The highest BCUT2D eigenvalue weighted by atomic mass is 16.7. The lowest BCUT2D eigenvalue weighted by Gasteiger charge is -2.52. The molecule has 204 valence electrons. The summed E-state index contributed by atoms with van der Waals surface area (Å²) in [5, 5.41) is 25.0. The first-order chi connectivity index (χ1) is 16.5. The van der Waals surface area contributed by atoms with Gasteiger partial charge in [0.1, 0.15) is 24.4 Å². The molecule has 10 unspecified atom stereocenters. The molecule has 3 N–H and O–H groups in total. The van der Waals surface area contributed by atoms with E-state index in [1.54, 1.807) is 20.8 Å². The van der Waals surface area contributed by atoms with Crippen LogP contribution < -0.4 is 5.32 Å². The summed E-state index contributed by atoms with van der Waals surface area (Å²) in [6, 6.07) is -0.556. The number of rotatable bonds is 7. The lowest BCUT2D eigenvalue weighted by molar-refractivity contribution is -0.330. The first-order valence-corrected chi connectivity index (χ1v) is 12.6. The lowest BCUT2D eigenvalue weighted by atomic mass is 9.75. The van der Waals surface area contributed by atoms with Crippen LogP contribution in [0.2, 0.25) is 0 Å². The maximum absolute atomic E-state index is 12.9. The minimum Gasteiger partial charge on any atom is -0.387 e. The Kier molecular flexibility index (Phi) is 9.37.